The standard InChI is InChI=1S/C4H9N5/c1-2-3-5-4-6-8-9-7-4/h2-3H2,1H3,(H2,5,6,7,8,9). The Kier molecular flexibility index (Phi) is 2.00. The van der Waals surface area contributed by atoms with Gasteiger partial charge in [-0.1, -0.05) is 12.0 Å². The zero-order chi connectivity index (χ0) is 6.53. The minimum Gasteiger partial charge on any atom is -0.352 e. The Morgan fingerprint density at radius 2 is 2.56 bits per heavy atom. The van der Waals surface area contributed by atoms with Gasteiger partial charge in [0.25, 0.3) is 5.95 Å². The predicted molar refractivity (Wildman–Crippen MR) is 33.0 cm³/mol. The summed E-state index contributed by atoms with van der Waals surface area (Å²) in [5.41, 5.74) is 0. The van der Waals surface area contributed by atoms with Crippen molar-refractivity contribution in [3.63, 3.8) is 0 Å². The topological polar surface area (TPSA) is 66.5 Å². The van der Waals surface area contributed by atoms with Crippen molar-refractivity contribution in [2.24, 2.45) is 0 Å². The second kappa shape index (κ2) is 3.01. The molecule has 5 heteroatoms. The number of rotatable bonds is 3. The molecule has 0 atom stereocenters. The summed E-state index contributed by atoms with van der Waals surface area (Å²) >= 11 is 0. The van der Waals surface area contributed by atoms with Gasteiger partial charge < -0.3 is 5.32 Å². The number of nitrogens with zero attached hydrogens (tertiary/aromatic N) is 3. The van der Waals surface area contributed by atoms with Crippen LogP contribution in [0.3, 0.4) is 0 Å². The van der Waals surface area contributed by atoms with Gasteiger partial charge in [-0.3, -0.25) is 0 Å². The molecular weight excluding hydrogens is 118 g/mol. The number of anilines is 1. The van der Waals surface area contributed by atoms with Gasteiger partial charge in [-0.05, 0) is 11.6 Å². The van der Waals surface area contributed by atoms with Crippen molar-refractivity contribution in [2.45, 2.75) is 13.3 Å². The normalized spacial score (nSPS) is 9.44. The second-order valence-corrected chi connectivity index (χ2v) is 1.66. The maximum atomic E-state index is 3.70. The maximum Gasteiger partial charge on any atom is 0.263 e. The van der Waals surface area contributed by atoms with Crippen molar-refractivity contribution in [3.05, 3.63) is 0 Å². The maximum absolute atomic E-state index is 3.70. The summed E-state index contributed by atoms with van der Waals surface area (Å²) in [7, 11) is 0. The van der Waals surface area contributed by atoms with Gasteiger partial charge in [0, 0.05) is 6.54 Å². The highest BCUT2D eigenvalue weighted by molar-refractivity contribution is 5.17. The molecule has 0 unspecified atom stereocenters. The van der Waals surface area contributed by atoms with E-state index in [9.17, 15) is 0 Å². The van der Waals surface area contributed by atoms with E-state index >= 15 is 0 Å². The van der Waals surface area contributed by atoms with Gasteiger partial charge >= 0.3 is 0 Å². The highest BCUT2D eigenvalue weighted by atomic mass is 15.5. The quantitative estimate of drug-likeness (QED) is 0.600. The number of aromatic amines is 1. The molecule has 0 aromatic carbocycles. The van der Waals surface area contributed by atoms with Crippen LogP contribution < -0.4 is 5.32 Å². The summed E-state index contributed by atoms with van der Waals surface area (Å²) in [5, 5.41) is 16.1. The molecule has 2 N–H and O–H groups in total. The van der Waals surface area contributed by atoms with Gasteiger partial charge in [0.1, 0.15) is 0 Å². The number of H-pyrrole nitrogens is 1. The van der Waals surface area contributed by atoms with Gasteiger partial charge in [0.15, 0.2) is 0 Å². The molecule has 0 aliphatic rings. The number of tetrazole rings is 1. The van der Waals surface area contributed by atoms with Crippen LogP contribution in [-0.4, -0.2) is 27.2 Å². The summed E-state index contributed by atoms with van der Waals surface area (Å²) in [6, 6.07) is 0. The smallest absolute Gasteiger partial charge is 0.263 e. The first-order valence-electron chi connectivity index (χ1n) is 2.91. The first-order valence-corrected chi connectivity index (χ1v) is 2.91. The fraction of sp³-hybridized carbons (Fsp3) is 0.750. The van der Waals surface area contributed by atoms with Crippen LogP contribution in [0.25, 0.3) is 0 Å². The van der Waals surface area contributed by atoms with Crippen molar-refractivity contribution in [3.8, 4) is 0 Å². The molecule has 50 valence electrons. The van der Waals surface area contributed by atoms with Gasteiger partial charge in [0.2, 0.25) is 0 Å². The summed E-state index contributed by atoms with van der Waals surface area (Å²) in [6.07, 6.45) is 1.06. The average molecular weight is 127 g/mol. The largest absolute Gasteiger partial charge is 0.352 e. The Bertz CT molecular complexity index is 146. The van der Waals surface area contributed by atoms with Crippen LogP contribution in [0.1, 0.15) is 13.3 Å². The third kappa shape index (κ3) is 1.67. The van der Waals surface area contributed by atoms with Crippen molar-refractivity contribution in [1.29, 1.82) is 0 Å². The summed E-state index contributed by atoms with van der Waals surface area (Å²) in [4.78, 5) is 0. The van der Waals surface area contributed by atoms with E-state index in [-0.39, 0.29) is 0 Å². The van der Waals surface area contributed by atoms with E-state index in [0.29, 0.717) is 5.95 Å². The van der Waals surface area contributed by atoms with E-state index in [1.54, 1.807) is 0 Å². The lowest BCUT2D eigenvalue weighted by atomic mass is 10.5. The van der Waals surface area contributed by atoms with Gasteiger partial charge in [0.05, 0.1) is 0 Å². The lowest BCUT2D eigenvalue weighted by Gasteiger charge is -1.93. The number of aromatic nitrogens is 4. The molecule has 0 aliphatic heterocycles. The van der Waals surface area contributed by atoms with Crippen LogP contribution in [0.5, 0.6) is 0 Å². The van der Waals surface area contributed by atoms with E-state index in [0.717, 1.165) is 13.0 Å². The molecule has 1 aromatic heterocycles. The van der Waals surface area contributed by atoms with E-state index < -0.39 is 0 Å². The zero-order valence-corrected chi connectivity index (χ0v) is 5.26. The predicted octanol–water partition coefficient (Wildman–Crippen LogP) is 0.0216. The number of nitrogens with one attached hydrogen (secondary N) is 2. The van der Waals surface area contributed by atoms with Crippen LogP contribution in [0.15, 0.2) is 0 Å². The molecule has 9 heavy (non-hydrogen) atoms. The molecule has 0 amide bonds. The Morgan fingerprint density at radius 3 is 3.11 bits per heavy atom. The Morgan fingerprint density at radius 1 is 1.67 bits per heavy atom. The molecule has 0 saturated carbocycles. The molecule has 1 heterocycles. The van der Waals surface area contributed by atoms with E-state index in [1.807, 2.05) is 0 Å². The minimum absolute atomic E-state index is 0.567. The fourth-order valence-corrected chi connectivity index (χ4v) is 0.473. The Hall–Kier alpha value is -1.13. The highest BCUT2D eigenvalue weighted by Gasteiger charge is 1.90. The molecule has 0 bridgehead atoms. The van der Waals surface area contributed by atoms with Crippen LogP contribution in [0.4, 0.5) is 5.95 Å². The van der Waals surface area contributed by atoms with Gasteiger partial charge in [-0.15, -0.1) is 5.10 Å². The van der Waals surface area contributed by atoms with E-state index in [2.05, 4.69) is 32.9 Å². The van der Waals surface area contributed by atoms with Crippen molar-refractivity contribution < 1.29 is 0 Å². The first-order chi connectivity index (χ1) is 4.43. The molecule has 0 saturated heterocycles. The summed E-state index contributed by atoms with van der Waals surface area (Å²) in [6.45, 7) is 2.96. The van der Waals surface area contributed by atoms with Gasteiger partial charge in [-0.25, -0.2) is 0 Å². The monoisotopic (exact) mass is 127 g/mol. The zero-order valence-electron chi connectivity index (χ0n) is 5.26. The number of hydrogen-bond donors (Lipinski definition) is 2. The fourth-order valence-electron chi connectivity index (χ4n) is 0.473. The molecule has 1 rings (SSSR count). The lowest BCUT2D eigenvalue weighted by molar-refractivity contribution is 0.881. The molecule has 0 radical (unpaired) electrons. The molecule has 1 aromatic rings. The lowest BCUT2D eigenvalue weighted by Crippen LogP contribution is -2.00. The highest BCUT2D eigenvalue weighted by Crippen LogP contribution is 1.88. The molecular formula is C4H9N5. The molecule has 0 spiro atoms. The third-order valence-electron chi connectivity index (χ3n) is 0.878. The SMILES string of the molecule is CCCNc1nn[nH]n1. The third-order valence-corrected chi connectivity index (χ3v) is 0.878. The average Bonchev–Trinajstić information content (AvgIpc) is 2.34. The van der Waals surface area contributed by atoms with Crippen molar-refractivity contribution >= 4 is 5.95 Å². The van der Waals surface area contributed by atoms with Crippen LogP contribution in [0.2, 0.25) is 0 Å². The Balaban J connectivity index is 2.30. The van der Waals surface area contributed by atoms with Crippen LogP contribution >= 0.6 is 0 Å². The van der Waals surface area contributed by atoms with Crippen LogP contribution in [0, 0.1) is 0 Å². The second-order valence-electron chi connectivity index (χ2n) is 1.66. The van der Waals surface area contributed by atoms with Gasteiger partial charge in [-0.2, -0.15) is 5.21 Å². The van der Waals surface area contributed by atoms with Crippen molar-refractivity contribution in [1.82, 2.24) is 20.6 Å². The Labute approximate surface area is 52.8 Å². The molecule has 0 aliphatic carbocycles. The first kappa shape index (κ1) is 6.00. The molecule has 5 nitrogen and oxygen atoms in total. The summed E-state index contributed by atoms with van der Waals surface area (Å²) in [5.74, 6) is 0.567. The van der Waals surface area contributed by atoms with Crippen LogP contribution in [-0.2, 0) is 0 Å². The molecule has 0 fully saturated rings. The van der Waals surface area contributed by atoms with E-state index in [4.69, 9.17) is 0 Å². The number of hydrogen-bond acceptors (Lipinski definition) is 4. The minimum atomic E-state index is 0.567. The summed E-state index contributed by atoms with van der Waals surface area (Å²) < 4.78 is 0. The van der Waals surface area contributed by atoms with Crippen molar-refractivity contribution in [2.75, 3.05) is 11.9 Å². The van der Waals surface area contributed by atoms with E-state index in [1.165, 1.54) is 0 Å².